The lowest BCUT2D eigenvalue weighted by Gasteiger charge is -2.40. The molecule has 0 saturated carbocycles. The molecule has 3 unspecified atom stereocenters. The van der Waals surface area contributed by atoms with Gasteiger partial charge in [-0.3, -0.25) is 4.79 Å². The normalized spacial score (nSPS) is 39.3. The zero-order chi connectivity index (χ0) is 10.3. The second-order valence-corrected chi connectivity index (χ2v) is 4.28. The number of rotatable bonds is 0. The lowest BCUT2D eigenvalue weighted by molar-refractivity contribution is -0.151. The molecule has 3 aliphatic rings. The van der Waals surface area contributed by atoms with Crippen molar-refractivity contribution in [1.29, 1.82) is 0 Å². The van der Waals surface area contributed by atoms with E-state index in [1.54, 1.807) is 0 Å². The van der Waals surface area contributed by atoms with Gasteiger partial charge in [0.05, 0.1) is 24.7 Å². The van der Waals surface area contributed by atoms with Gasteiger partial charge in [-0.25, -0.2) is 0 Å². The number of hydrogen-bond donors (Lipinski definition) is 0. The molecule has 15 heavy (non-hydrogen) atoms. The van der Waals surface area contributed by atoms with E-state index in [2.05, 4.69) is 6.08 Å². The highest BCUT2D eigenvalue weighted by atomic mass is 16.5. The van der Waals surface area contributed by atoms with Gasteiger partial charge in [0.2, 0.25) is 0 Å². The van der Waals surface area contributed by atoms with Crippen molar-refractivity contribution in [2.75, 3.05) is 13.2 Å². The molecule has 0 amide bonds. The minimum Gasteiger partial charge on any atom is -0.380 e. The smallest absolute Gasteiger partial charge is 0.169 e. The summed E-state index contributed by atoms with van der Waals surface area (Å²) in [4.78, 5) is 12.1. The number of ether oxygens (including phenoxy) is 2. The maximum absolute atomic E-state index is 12.1. The summed E-state index contributed by atoms with van der Waals surface area (Å²) >= 11 is 0. The number of ketones is 1. The van der Waals surface area contributed by atoms with Gasteiger partial charge in [0.25, 0.3) is 0 Å². The van der Waals surface area contributed by atoms with Gasteiger partial charge < -0.3 is 9.47 Å². The fourth-order valence-electron chi connectivity index (χ4n) is 2.53. The molecule has 2 aliphatic heterocycles. The van der Waals surface area contributed by atoms with E-state index in [1.807, 2.05) is 12.2 Å². The maximum Gasteiger partial charge on any atom is 0.169 e. The zero-order valence-electron chi connectivity index (χ0n) is 8.52. The SMILES string of the molecule is O=C1C2=CC=CCC2OC2CCOCC12. The molecule has 0 N–H and O–H groups in total. The van der Waals surface area contributed by atoms with Crippen LogP contribution in [-0.4, -0.2) is 31.2 Å². The molecule has 0 aromatic carbocycles. The third kappa shape index (κ3) is 1.46. The number of Topliss-reactive ketones (excluding diaryl/α,β-unsaturated/α-hetero) is 1. The Morgan fingerprint density at radius 3 is 3.27 bits per heavy atom. The largest absolute Gasteiger partial charge is 0.380 e. The minimum atomic E-state index is -0.0623. The van der Waals surface area contributed by atoms with E-state index in [-0.39, 0.29) is 23.9 Å². The van der Waals surface area contributed by atoms with Gasteiger partial charge >= 0.3 is 0 Å². The fourth-order valence-corrected chi connectivity index (χ4v) is 2.53. The van der Waals surface area contributed by atoms with E-state index < -0.39 is 0 Å². The highest BCUT2D eigenvalue weighted by molar-refractivity contribution is 5.99. The Morgan fingerprint density at radius 2 is 2.33 bits per heavy atom. The minimum absolute atomic E-state index is 0.00171. The number of allylic oxidation sites excluding steroid dienone is 2. The van der Waals surface area contributed by atoms with Crippen LogP contribution in [0.25, 0.3) is 0 Å². The number of hydrogen-bond acceptors (Lipinski definition) is 3. The van der Waals surface area contributed by atoms with Crippen molar-refractivity contribution in [1.82, 2.24) is 0 Å². The van der Waals surface area contributed by atoms with Crippen molar-refractivity contribution in [3.63, 3.8) is 0 Å². The third-order valence-corrected chi connectivity index (χ3v) is 3.36. The molecule has 2 saturated heterocycles. The van der Waals surface area contributed by atoms with Crippen LogP contribution in [0.5, 0.6) is 0 Å². The summed E-state index contributed by atoms with van der Waals surface area (Å²) in [6.07, 6.45) is 7.66. The lowest BCUT2D eigenvalue weighted by Crippen LogP contribution is -2.48. The van der Waals surface area contributed by atoms with Gasteiger partial charge in [-0.1, -0.05) is 18.2 Å². The number of carbonyl (C=O) groups is 1. The van der Waals surface area contributed by atoms with Crippen LogP contribution in [0.15, 0.2) is 23.8 Å². The van der Waals surface area contributed by atoms with Crippen molar-refractivity contribution in [2.24, 2.45) is 5.92 Å². The molecule has 3 nitrogen and oxygen atoms in total. The second kappa shape index (κ2) is 3.58. The Balaban J connectivity index is 1.90. The predicted molar refractivity (Wildman–Crippen MR) is 54.4 cm³/mol. The maximum atomic E-state index is 12.1. The molecule has 3 rings (SSSR count). The summed E-state index contributed by atoms with van der Waals surface area (Å²) in [5, 5.41) is 0. The summed E-state index contributed by atoms with van der Waals surface area (Å²) in [5.41, 5.74) is 0.837. The molecular weight excluding hydrogens is 192 g/mol. The van der Waals surface area contributed by atoms with Gasteiger partial charge in [0, 0.05) is 12.2 Å². The summed E-state index contributed by atoms with van der Waals surface area (Å²) in [6, 6.07) is 0. The molecule has 3 heteroatoms. The first-order valence-corrected chi connectivity index (χ1v) is 5.50. The van der Waals surface area contributed by atoms with E-state index in [0.29, 0.717) is 6.61 Å². The standard InChI is InChI=1S/C12H14O3/c13-12-8-3-1-2-4-10(8)15-11-5-6-14-7-9(11)12/h1-3,9-11H,4-7H2. The van der Waals surface area contributed by atoms with Gasteiger partial charge in [0.1, 0.15) is 0 Å². The molecule has 3 atom stereocenters. The molecule has 2 fully saturated rings. The summed E-state index contributed by atoms with van der Waals surface area (Å²) in [6.45, 7) is 1.24. The van der Waals surface area contributed by atoms with E-state index in [9.17, 15) is 4.79 Å². The van der Waals surface area contributed by atoms with E-state index in [0.717, 1.165) is 25.0 Å². The number of carbonyl (C=O) groups excluding carboxylic acids is 1. The van der Waals surface area contributed by atoms with Crippen LogP contribution < -0.4 is 0 Å². The molecular formula is C12H14O3. The van der Waals surface area contributed by atoms with Crippen LogP contribution in [0.4, 0.5) is 0 Å². The Kier molecular flexibility index (Phi) is 2.22. The fraction of sp³-hybridized carbons (Fsp3) is 0.583. The Labute approximate surface area is 88.7 Å². The summed E-state index contributed by atoms with van der Waals surface area (Å²) in [5.74, 6) is 0.174. The van der Waals surface area contributed by atoms with Gasteiger partial charge in [0.15, 0.2) is 5.78 Å². The highest BCUT2D eigenvalue weighted by Crippen LogP contribution is 2.33. The molecule has 0 aromatic heterocycles. The van der Waals surface area contributed by atoms with E-state index in [4.69, 9.17) is 9.47 Å². The first-order chi connectivity index (χ1) is 7.36. The van der Waals surface area contributed by atoms with Crippen LogP contribution in [0, 0.1) is 5.92 Å². The second-order valence-electron chi connectivity index (χ2n) is 4.28. The van der Waals surface area contributed by atoms with E-state index >= 15 is 0 Å². The molecule has 0 radical (unpaired) electrons. The van der Waals surface area contributed by atoms with E-state index in [1.165, 1.54) is 0 Å². The molecule has 0 spiro atoms. The molecule has 80 valence electrons. The monoisotopic (exact) mass is 206 g/mol. The number of fused-ring (bicyclic) bond motifs is 2. The topological polar surface area (TPSA) is 35.5 Å². The third-order valence-electron chi connectivity index (χ3n) is 3.36. The highest BCUT2D eigenvalue weighted by Gasteiger charge is 2.42. The molecule has 0 bridgehead atoms. The zero-order valence-corrected chi connectivity index (χ0v) is 8.52. The van der Waals surface area contributed by atoms with Crippen LogP contribution in [0.2, 0.25) is 0 Å². The average Bonchev–Trinajstić information content (AvgIpc) is 2.30. The molecule has 0 aromatic rings. The summed E-state index contributed by atoms with van der Waals surface area (Å²) < 4.78 is 11.3. The Hall–Kier alpha value is -0.930. The average molecular weight is 206 g/mol. The quantitative estimate of drug-likeness (QED) is 0.598. The molecule has 2 heterocycles. The lowest BCUT2D eigenvalue weighted by atomic mass is 9.82. The first-order valence-electron chi connectivity index (χ1n) is 5.50. The van der Waals surface area contributed by atoms with Gasteiger partial charge in [-0.2, -0.15) is 0 Å². The van der Waals surface area contributed by atoms with Gasteiger partial charge in [-0.05, 0) is 12.8 Å². The Morgan fingerprint density at radius 1 is 1.40 bits per heavy atom. The van der Waals surface area contributed by atoms with Gasteiger partial charge in [-0.15, -0.1) is 0 Å². The van der Waals surface area contributed by atoms with Crippen LogP contribution in [0.1, 0.15) is 12.8 Å². The van der Waals surface area contributed by atoms with Crippen molar-refractivity contribution < 1.29 is 14.3 Å². The van der Waals surface area contributed by atoms with Crippen molar-refractivity contribution in [2.45, 2.75) is 25.0 Å². The Bertz CT molecular complexity index is 343. The first kappa shape index (κ1) is 9.31. The van der Waals surface area contributed by atoms with Crippen molar-refractivity contribution in [3.05, 3.63) is 23.8 Å². The molecule has 1 aliphatic carbocycles. The van der Waals surface area contributed by atoms with Crippen LogP contribution >= 0.6 is 0 Å². The predicted octanol–water partition coefficient (Wildman–Crippen LogP) is 1.25. The van der Waals surface area contributed by atoms with Crippen molar-refractivity contribution in [3.8, 4) is 0 Å². The van der Waals surface area contributed by atoms with Crippen molar-refractivity contribution >= 4 is 5.78 Å². The van der Waals surface area contributed by atoms with Crippen LogP contribution in [-0.2, 0) is 14.3 Å². The van der Waals surface area contributed by atoms with Crippen LogP contribution in [0.3, 0.4) is 0 Å². The summed E-state index contributed by atoms with van der Waals surface area (Å²) in [7, 11) is 0.